The van der Waals surface area contributed by atoms with Crippen molar-refractivity contribution in [2.75, 3.05) is 13.2 Å². The molecule has 0 spiro atoms. The zero-order valence-electron chi connectivity index (χ0n) is 14.4. The predicted molar refractivity (Wildman–Crippen MR) is 91.8 cm³/mol. The van der Waals surface area contributed by atoms with Crippen molar-refractivity contribution in [3.8, 4) is 0 Å². The molecule has 0 amide bonds. The summed E-state index contributed by atoms with van der Waals surface area (Å²) in [5, 5.41) is 0. The lowest BCUT2D eigenvalue weighted by Crippen LogP contribution is -1.97. The van der Waals surface area contributed by atoms with Crippen LogP contribution >= 0.6 is 0 Å². The molecule has 0 saturated heterocycles. The number of hydrogen-bond acceptors (Lipinski definition) is 2. The smallest absolute Gasteiger partial charge is 0.0466 e. The summed E-state index contributed by atoms with van der Waals surface area (Å²) in [5.41, 5.74) is 0. The van der Waals surface area contributed by atoms with Crippen LogP contribution in [0.1, 0.15) is 104 Å². The lowest BCUT2D eigenvalue weighted by Gasteiger charge is -2.04. The molecule has 0 fully saturated rings. The molecule has 2 nitrogen and oxygen atoms in total. The van der Waals surface area contributed by atoms with Crippen LogP contribution in [-0.4, -0.2) is 13.2 Å². The first kappa shape index (κ1) is 22.2. The van der Waals surface area contributed by atoms with Gasteiger partial charge in [-0.2, -0.15) is 0 Å². The van der Waals surface area contributed by atoms with E-state index in [1.807, 2.05) is 0 Å². The van der Waals surface area contributed by atoms with Crippen LogP contribution < -0.4 is 6.15 Å². The Morgan fingerprint density at radius 2 is 0.750 bits per heavy atom. The second-order valence-corrected chi connectivity index (χ2v) is 5.86. The highest BCUT2D eigenvalue weighted by molar-refractivity contribution is 4.46. The Balaban J connectivity index is 0. The van der Waals surface area contributed by atoms with Gasteiger partial charge >= 0.3 is 0 Å². The van der Waals surface area contributed by atoms with Gasteiger partial charge in [-0.1, -0.05) is 90.9 Å². The van der Waals surface area contributed by atoms with E-state index in [0.29, 0.717) is 0 Å². The van der Waals surface area contributed by atoms with Crippen LogP contribution in [-0.2, 0) is 4.74 Å². The van der Waals surface area contributed by atoms with E-state index in [9.17, 15) is 0 Å². The van der Waals surface area contributed by atoms with Crippen LogP contribution in [0.3, 0.4) is 0 Å². The third kappa shape index (κ3) is 20.2. The first-order valence-electron chi connectivity index (χ1n) is 8.99. The molecule has 0 atom stereocenters. The first-order chi connectivity index (χ1) is 9.41. The van der Waals surface area contributed by atoms with Gasteiger partial charge in [-0.3, -0.25) is 0 Å². The Hall–Kier alpha value is -0.0800. The van der Waals surface area contributed by atoms with Crippen LogP contribution in [0, 0.1) is 0 Å². The van der Waals surface area contributed by atoms with Crippen molar-refractivity contribution < 1.29 is 4.74 Å². The predicted octanol–water partition coefficient (Wildman–Crippen LogP) is 6.67. The van der Waals surface area contributed by atoms with Crippen LogP contribution in [0.25, 0.3) is 0 Å². The maximum atomic E-state index is 5.69. The maximum absolute atomic E-state index is 5.69. The molecule has 0 aromatic rings. The monoisotopic (exact) mass is 287 g/mol. The standard InChI is InChI=1S/C18H38O.H3N/c1-3-5-7-9-11-13-15-17-19-18-16-14-12-10-8-6-4-2;/h3-18H2,1-2H3;1H3. The van der Waals surface area contributed by atoms with Gasteiger partial charge in [0.1, 0.15) is 0 Å². The third-order valence-corrected chi connectivity index (χ3v) is 3.78. The molecule has 0 radical (unpaired) electrons. The minimum absolute atomic E-state index is 0. The van der Waals surface area contributed by atoms with Crippen LogP contribution in [0.15, 0.2) is 0 Å². The highest BCUT2D eigenvalue weighted by atomic mass is 16.5. The lowest BCUT2D eigenvalue weighted by atomic mass is 10.1. The van der Waals surface area contributed by atoms with Gasteiger partial charge in [-0.05, 0) is 12.8 Å². The molecular formula is C18H41NO. The van der Waals surface area contributed by atoms with Crippen molar-refractivity contribution in [3.05, 3.63) is 0 Å². The minimum atomic E-state index is 0. The summed E-state index contributed by atoms with van der Waals surface area (Å²) in [7, 11) is 0. The Labute approximate surface area is 128 Å². The fourth-order valence-corrected chi connectivity index (χ4v) is 2.42. The van der Waals surface area contributed by atoms with Crippen molar-refractivity contribution >= 4 is 0 Å². The molecule has 0 aromatic carbocycles. The summed E-state index contributed by atoms with van der Waals surface area (Å²) in [5.74, 6) is 0. The van der Waals surface area contributed by atoms with Crippen LogP contribution in [0.2, 0.25) is 0 Å². The topological polar surface area (TPSA) is 44.2 Å². The Kier molecular flexibility index (Phi) is 23.6. The van der Waals surface area contributed by atoms with Gasteiger partial charge in [0.25, 0.3) is 0 Å². The SMILES string of the molecule is CCCCCCCCCOCCCCCCCCC.N. The molecule has 20 heavy (non-hydrogen) atoms. The fraction of sp³-hybridized carbons (Fsp3) is 1.00. The summed E-state index contributed by atoms with van der Waals surface area (Å²) in [4.78, 5) is 0. The molecule has 0 heterocycles. The van der Waals surface area contributed by atoms with E-state index in [1.165, 1.54) is 89.9 Å². The summed E-state index contributed by atoms with van der Waals surface area (Å²) >= 11 is 0. The van der Waals surface area contributed by atoms with Gasteiger partial charge in [0.15, 0.2) is 0 Å². The van der Waals surface area contributed by atoms with E-state index in [0.717, 1.165) is 13.2 Å². The van der Waals surface area contributed by atoms with Crippen LogP contribution in [0.5, 0.6) is 0 Å². The Morgan fingerprint density at radius 3 is 1.10 bits per heavy atom. The summed E-state index contributed by atoms with van der Waals surface area (Å²) in [6.07, 6.45) is 19.3. The molecule has 0 aliphatic rings. The van der Waals surface area contributed by atoms with Crippen LogP contribution in [0.4, 0.5) is 0 Å². The van der Waals surface area contributed by atoms with E-state index in [1.54, 1.807) is 0 Å². The third-order valence-electron chi connectivity index (χ3n) is 3.78. The molecule has 0 aliphatic carbocycles. The number of rotatable bonds is 16. The largest absolute Gasteiger partial charge is 0.381 e. The minimum Gasteiger partial charge on any atom is -0.381 e. The average molecular weight is 288 g/mol. The molecular weight excluding hydrogens is 246 g/mol. The number of hydrogen-bond donors (Lipinski definition) is 1. The molecule has 124 valence electrons. The molecule has 0 aliphatic heterocycles. The van der Waals surface area contributed by atoms with Crippen molar-refractivity contribution in [2.24, 2.45) is 0 Å². The van der Waals surface area contributed by atoms with Gasteiger partial charge in [0.2, 0.25) is 0 Å². The van der Waals surface area contributed by atoms with E-state index in [4.69, 9.17) is 4.74 Å². The van der Waals surface area contributed by atoms with Crippen molar-refractivity contribution in [3.63, 3.8) is 0 Å². The molecule has 2 heteroatoms. The number of ether oxygens (including phenoxy) is 1. The molecule has 0 rings (SSSR count). The van der Waals surface area contributed by atoms with Gasteiger partial charge < -0.3 is 10.9 Å². The zero-order valence-corrected chi connectivity index (χ0v) is 14.4. The normalized spacial score (nSPS) is 10.5. The van der Waals surface area contributed by atoms with Gasteiger partial charge in [-0.25, -0.2) is 0 Å². The molecule has 0 bridgehead atoms. The highest BCUT2D eigenvalue weighted by Gasteiger charge is 1.93. The summed E-state index contributed by atoms with van der Waals surface area (Å²) in [6.45, 7) is 6.53. The Bertz CT molecular complexity index is 134. The van der Waals surface area contributed by atoms with E-state index in [-0.39, 0.29) is 6.15 Å². The molecule has 0 saturated carbocycles. The fourth-order valence-electron chi connectivity index (χ4n) is 2.42. The van der Waals surface area contributed by atoms with E-state index in [2.05, 4.69) is 13.8 Å². The van der Waals surface area contributed by atoms with E-state index >= 15 is 0 Å². The van der Waals surface area contributed by atoms with Crippen molar-refractivity contribution in [1.29, 1.82) is 0 Å². The summed E-state index contributed by atoms with van der Waals surface area (Å²) < 4.78 is 5.69. The Morgan fingerprint density at radius 1 is 0.450 bits per heavy atom. The van der Waals surface area contributed by atoms with Gasteiger partial charge in [-0.15, -0.1) is 0 Å². The second kappa shape index (κ2) is 21.2. The zero-order chi connectivity index (χ0) is 14.0. The number of unbranched alkanes of at least 4 members (excludes halogenated alkanes) is 12. The van der Waals surface area contributed by atoms with Crippen molar-refractivity contribution in [2.45, 2.75) is 104 Å². The maximum Gasteiger partial charge on any atom is 0.0466 e. The average Bonchev–Trinajstić information content (AvgIpc) is 2.43. The molecule has 3 N–H and O–H groups in total. The first-order valence-corrected chi connectivity index (χ1v) is 8.99. The van der Waals surface area contributed by atoms with Gasteiger partial charge in [0, 0.05) is 13.2 Å². The molecule has 0 unspecified atom stereocenters. The second-order valence-electron chi connectivity index (χ2n) is 5.86. The highest BCUT2D eigenvalue weighted by Crippen LogP contribution is 2.08. The van der Waals surface area contributed by atoms with Crippen molar-refractivity contribution in [1.82, 2.24) is 6.15 Å². The van der Waals surface area contributed by atoms with E-state index < -0.39 is 0 Å². The quantitative estimate of drug-likeness (QED) is 0.322. The summed E-state index contributed by atoms with van der Waals surface area (Å²) in [6, 6.07) is 0. The molecule has 0 aromatic heterocycles. The lowest BCUT2D eigenvalue weighted by molar-refractivity contribution is 0.125. The van der Waals surface area contributed by atoms with Gasteiger partial charge in [0.05, 0.1) is 0 Å².